The Labute approximate surface area is 287 Å². The van der Waals surface area contributed by atoms with Crippen LogP contribution in [0.3, 0.4) is 0 Å². The molecule has 7 rings (SSSR count). The first-order valence-electron chi connectivity index (χ1n) is 15.6. The van der Waals surface area contributed by atoms with Gasteiger partial charge < -0.3 is 29.5 Å². The molecular formula is C32H31ClFN9O5S. The number of nitrogens with one attached hydrogen (secondary N) is 1. The first-order chi connectivity index (χ1) is 23.6. The van der Waals surface area contributed by atoms with Gasteiger partial charge in [-0.05, 0) is 49.6 Å². The molecule has 2 aliphatic heterocycles. The van der Waals surface area contributed by atoms with Gasteiger partial charge in [0, 0.05) is 31.1 Å². The number of halogens is 2. The summed E-state index contributed by atoms with van der Waals surface area (Å²) in [4.78, 5) is 59.0. The van der Waals surface area contributed by atoms with Crippen LogP contribution in [0, 0.1) is 12.7 Å². The van der Waals surface area contributed by atoms with Crippen molar-refractivity contribution < 1.29 is 23.8 Å². The number of ether oxygens (including phenoxy) is 1. The third kappa shape index (κ3) is 6.11. The van der Waals surface area contributed by atoms with E-state index in [0.29, 0.717) is 55.6 Å². The van der Waals surface area contributed by atoms with E-state index in [9.17, 15) is 23.9 Å². The Balaban J connectivity index is 1.26. The lowest BCUT2D eigenvalue weighted by molar-refractivity contribution is -0.116. The molecule has 4 aromatic heterocycles. The van der Waals surface area contributed by atoms with Crippen molar-refractivity contribution in [3.05, 3.63) is 79.3 Å². The fourth-order valence-corrected chi connectivity index (χ4v) is 7.41. The van der Waals surface area contributed by atoms with Crippen LogP contribution < -0.4 is 15.8 Å². The minimum Gasteiger partial charge on any atom is -0.504 e. The summed E-state index contributed by atoms with van der Waals surface area (Å²) >= 11 is 7.69. The highest BCUT2D eigenvalue weighted by molar-refractivity contribution is 7.15. The lowest BCUT2D eigenvalue weighted by atomic mass is 10.1. The quantitative estimate of drug-likeness (QED) is 0.257. The van der Waals surface area contributed by atoms with Gasteiger partial charge in [0.05, 0.1) is 40.2 Å². The third-order valence-electron chi connectivity index (χ3n) is 8.62. The molecule has 0 saturated carbocycles. The van der Waals surface area contributed by atoms with Crippen molar-refractivity contribution in [3.63, 3.8) is 0 Å². The molecule has 0 atom stereocenters. The molecule has 0 bridgehead atoms. The number of fused-ring (bicyclic) bond motifs is 2. The molecule has 1 fully saturated rings. The van der Waals surface area contributed by atoms with Gasteiger partial charge in [-0.3, -0.25) is 14.4 Å². The van der Waals surface area contributed by atoms with E-state index in [1.54, 1.807) is 16.4 Å². The van der Waals surface area contributed by atoms with Gasteiger partial charge in [-0.15, -0.1) is 16.4 Å². The maximum atomic E-state index is 14.3. The van der Waals surface area contributed by atoms with Crippen LogP contribution in [0.25, 0.3) is 16.5 Å². The summed E-state index contributed by atoms with van der Waals surface area (Å²) in [6.45, 7) is 5.43. The number of aryl methyl sites for hydroxylation is 1. The first-order valence-corrected chi connectivity index (χ1v) is 16.8. The number of carbonyl (C=O) groups is 2. The molecule has 6 heterocycles. The van der Waals surface area contributed by atoms with Crippen molar-refractivity contribution >= 4 is 51.9 Å². The monoisotopic (exact) mass is 707 g/mol. The summed E-state index contributed by atoms with van der Waals surface area (Å²) in [5.41, 5.74) is 2.10. The standard InChI is InChI=1S/C32H31ClFN9O5S/c1-3-22-27(40-7-9-41(10-8-40)30(46)26-28(45)17(2)35-16-36-26)31(47)43-32(38-29(39-43)23-12-18-6-11-48-15-24(18)49-23)42(22)14-25(44)37-21-5-4-19(34)13-20(21)33/h4-5,12-13,16,45H,3,6-11,14-15H2,1-2H3,(H,37,44). The number of rotatable bonds is 7. The van der Waals surface area contributed by atoms with E-state index < -0.39 is 23.2 Å². The zero-order valence-electron chi connectivity index (χ0n) is 26.6. The number of hydrogen-bond donors (Lipinski definition) is 2. The average Bonchev–Trinajstić information content (AvgIpc) is 3.74. The van der Waals surface area contributed by atoms with Gasteiger partial charge >= 0.3 is 0 Å². The second-order valence-corrected chi connectivity index (χ2v) is 13.2. The van der Waals surface area contributed by atoms with Gasteiger partial charge in [0.2, 0.25) is 11.7 Å². The van der Waals surface area contributed by atoms with E-state index in [1.807, 2.05) is 17.9 Å². The molecule has 2 amide bonds. The van der Waals surface area contributed by atoms with Crippen LogP contribution in [0.5, 0.6) is 5.75 Å². The predicted octanol–water partition coefficient (Wildman–Crippen LogP) is 3.45. The number of piperazine rings is 1. The third-order valence-corrected chi connectivity index (χ3v) is 10.1. The SMILES string of the molecule is CCc1c(N2CCN(C(=O)c3ncnc(C)c3O)CC2)c(=O)n2nc(-c3cc4c(s3)COCC4)nc2n1CC(=O)Nc1ccc(F)cc1Cl. The number of aromatic nitrogens is 6. The highest BCUT2D eigenvalue weighted by Crippen LogP contribution is 2.33. The van der Waals surface area contributed by atoms with Crippen molar-refractivity contribution in [2.24, 2.45) is 0 Å². The van der Waals surface area contributed by atoms with Gasteiger partial charge in [0.15, 0.2) is 17.3 Å². The number of anilines is 2. The summed E-state index contributed by atoms with van der Waals surface area (Å²) in [6.07, 6.45) is 2.37. The van der Waals surface area contributed by atoms with Gasteiger partial charge in [-0.2, -0.15) is 9.50 Å². The number of nitrogens with zero attached hydrogens (tertiary/aromatic N) is 8. The second kappa shape index (κ2) is 13.2. The van der Waals surface area contributed by atoms with E-state index in [1.165, 1.54) is 34.3 Å². The number of amides is 2. The van der Waals surface area contributed by atoms with E-state index in [4.69, 9.17) is 21.3 Å². The molecule has 1 saturated heterocycles. The summed E-state index contributed by atoms with van der Waals surface area (Å²) in [5, 5.41) is 17.8. The van der Waals surface area contributed by atoms with E-state index >= 15 is 0 Å². The van der Waals surface area contributed by atoms with Crippen LogP contribution in [0.15, 0.2) is 35.4 Å². The fraction of sp³-hybridized carbons (Fsp3) is 0.344. The summed E-state index contributed by atoms with van der Waals surface area (Å²) in [5.74, 6) is -1.17. The molecule has 0 radical (unpaired) electrons. The largest absolute Gasteiger partial charge is 0.504 e. The molecule has 17 heteroatoms. The number of benzene rings is 1. The average molecular weight is 708 g/mol. The van der Waals surface area contributed by atoms with Gasteiger partial charge in [0.25, 0.3) is 11.5 Å². The smallest absolute Gasteiger partial charge is 0.299 e. The lowest BCUT2D eigenvalue weighted by Gasteiger charge is -2.36. The van der Waals surface area contributed by atoms with E-state index in [2.05, 4.69) is 20.4 Å². The second-order valence-electron chi connectivity index (χ2n) is 11.7. The molecule has 1 aromatic carbocycles. The van der Waals surface area contributed by atoms with E-state index in [0.717, 1.165) is 27.8 Å². The fourth-order valence-electron chi connectivity index (χ4n) is 6.12. The summed E-state index contributed by atoms with van der Waals surface area (Å²) in [6, 6.07) is 5.70. The van der Waals surface area contributed by atoms with Crippen molar-refractivity contribution in [2.45, 2.75) is 39.8 Å². The van der Waals surface area contributed by atoms with Crippen LogP contribution in [0.1, 0.15) is 39.2 Å². The van der Waals surface area contributed by atoms with Crippen molar-refractivity contribution in [1.29, 1.82) is 0 Å². The van der Waals surface area contributed by atoms with Crippen molar-refractivity contribution in [1.82, 2.24) is 34.0 Å². The Hall–Kier alpha value is -4.93. The minimum atomic E-state index is -0.536. The van der Waals surface area contributed by atoms with Crippen LogP contribution in [0.4, 0.5) is 15.8 Å². The predicted molar refractivity (Wildman–Crippen MR) is 180 cm³/mol. The van der Waals surface area contributed by atoms with Crippen LogP contribution >= 0.6 is 22.9 Å². The Kier molecular flexibility index (Phi) is 8.77. The summed E-state index contributed by atoms with van der Waals surface area (Å²) < 4.78 is 22.2. The summed E-state index contributed by atoms with van der Waals surface area (Å²) in [7, 11) is 0. The van der Waals surface area contributed by atoms with Crippen molar-refractivity contribution in [3.8, 4) is 16.5 Å². The molecule has 0 unspecified atom stereocenters. The van der Waals surface area contributed by atoms with Crippen LogP contribution in [0.2, 0.25) is 5.02 Å². The maximum Gasteiger partial charge on any atom is 0.299 e. The number of thiophene rings is 1. The molecular weight excluding hydrogens is 677 g/mol. The number of carbonyl (C=O) groups excluding carboxylic acids is 2. The highest BCUT2D eigenvalue weighted by atomic mass is 35.5. The first kappa shape index (κ1) is 32.6. The Morgan fingerprint density at radius 1 is 1.16 bits per heavy atom. The Bertz CT molecular complexity index is 2150. The maximum absolute atomic E-state index is 14.3. The molecule has 254 valence electrons. The Morgan fingerprint density at radius 2 is 1.96 bits per heavy atom. The van der Waals surface area contributed by atoms with Crippen molar-refractivity contribution in [2.75, 3.05) is 43.0 Å². The van der Waals surface area contributed by atoms with Crippen LogP contribution in [-0.2, 0) is 35.5 Å². The zero-order chi connectivity index (χ0) is 34.4. The molecule has 0 aliphatic carbocycles. The van der Waals surface area contributed by atoms with Gasteiger partial charge in [0.1, 0.15) is 24.4 Å². The normalized spacial score (nSPS) is 14.7. The molecule has 2 N–H and O–H groups in total. The molecule has 49 heavy (non-hydrogen) atoms. The molecule has 14 nitrogen and oxygen atoms in total. The zero-order valence-corrected chi connectivity index (χ0v) is 28.1. The minimum absolute atomic E-state index is 0.0445. The van der Waals surface area contributed by atoms with Gasteiger partial charge in [-0.25, -0.2) is 14.4 Å². The Morgan fingerprint density at radius 3 is 2.69 bits per heavy atom. The van der Waals surface area contributed by atoms with Crippen LogP contribution in [-0.4, -0.2) is 83.7 Å². The molecule has 0 spiro atoms. The number of hydrogen-bond acceptors (Lipinski definition) is 11. The topological polar surface area (TPSA) is 160 Å². The van der Waals surface area contributed by atoms with Gasteiger partial charge in [-0.1, -0.05) is 18.5 Å². The molecule has 2 aliphatic rings. The highest BCUT2D eigenvalue weighted by Gasteiger charge is 2.31. The lowest BCUT2D eigenvalue weighted by Crippen LogP contribution is -2.51. The van der Waals surface area contributed by atoms with E-state index in [-0.39, 0.29) is 47.6 Å². The molecule has 5 aromatic rings. The number of aromatic hydroxyl groups is 1.